The first kappa shape index (κ1) is 14.3. The number of nitrogens with one attached hydrogen (secondary N) is 1. The summed E-state index contributed by atoms with van der Waals surface area (Å²) in [5.41, 5.74) is 2.34. The molecule has 0 bridgehead atoms. The lowest BCUT2D eigenvalue weighted by Crippen LogP contribution is -2.05. The molecule has 1 aromatic carbocycles. The highest BCUT2D eigenvalue weighted by atomic mass is 19.1. The van der Waals surface area contributed by atoms with E-state index in [9.17, 15) is 4.39 Å². The van der Waals surface area contributed by atoms with E-state index in [0.717, 1.165) is 11.3 Å². The summed E-state index contributed by atoms with van der Waals surface area (Å²) in [5.74, 6) is 1.29. The Hall–Kier alpha value is -2.10. The molecule has 1 heterocycles. The Morgan fingerprint density at radius 1 is 1.25 bits per heavy atom. The van der Waals surface area contributed by atoms with E-state index in [-0.39, 0.29) is 5.82 Å². The van der Waals surface area contributed by atoms with Crippen molar-refractivity contribution in [2.75, 3.05) is 11.9 Å². The number of anilines is 1. The summed E-state index contributed by atoms with van der Waals surface area (Å²) in [6.07, 6.45) is 1.71. The van der Waals surface area contributed by atoms with E-state index in [0.29, 0.717) is 30.1 Å². The Balaban J connectivity index is 2.13. The topological polar surface area (TPSA) is 34.1 Å². The summed E-state index contributed by atoms with van der Waals surface area (Å²) in [4.78, 5) is 4.26. The van der Waals surface area contributed by atoms with Gasteiger partial charge in [0, 0.05) is 12.7 Å². The van der Waals surface area contributed by atoms with E-state index in [4.69, 9.17) is 4.74 Å². The zero-order valence-electron chi connectivity index (χ0n) is 12.0. The number of benzene rings is 1. The van der Waals surface area contributed by atoms with Gasteiger partial charge in [0.05, 0.1) is 6.61 Å². The minimum atomic E-state index is -0.137. The molecule has 0 saturated carbocycles. The molecule has 0 unspecified atom stereocenters. The van der Waals surface area contributed by atoms with E-state index in [1.165, 1.54) is 0 Å². The van der Waals surface area contributed by atoms with Gasteiger partial charge in [-0.2, -0.15) is 0 Å². The number of halogens is 1. The molecule has 2 aromatic rings. The van der Waals surface area contributed by atoms with Gasteiger partial charge in [-0.25, -0.2) is 9.37 Å². The number of aryl methyl sites for hydroxylation is 2. The summed E-state index contributed by atoms with van der Waals surface area (Å²) < 4.78 is 19.1. The summed E-state index contributed by atoms with van der Waals surface area (Å²) in [6, 6.07) is 7.40. The molecule has 1 N–H and O–H groups in total. The fourth-order valence-corrected chi connectivity index (χ4v) is 2.12. The Kier molecular flexibility index (Phi) is 4.56. The number of hydrogen-bond donors (Lipinski definition) is 1. The lowest BCUT2D eigenvalue weighted by Gasteiger charge is -2.12. The van der Waals surface area contributed by atoms with Crippen molar-refractivity contribution < 1.29 is 9.13 Å². The monoisotopic (exact) mass is 274 g/mol. The van der Waals surface area contributed by atoms with Gasteiger partial charge < -0.3 is 10.1 Å². The fraction of sp³-hybridized carbons (Fsp3) is 0.312. The molecule has 0 fully saturated rings. The minimum absolute atomic E-state index is 0.137. The first-order chi connectivity index (χ1) is 9.61. The van der Waals surface area contributed by atoms with Crippen LogP contribution in [0.2, 0.25) is 0 Å². The molecule has 0 aliphatic heterocycles. The van der Waals surface area contributed by atoms with Crippen LogP contribution < -0.4 is 10.1 Å². The molecular weight excluding hydrogens is 255 g/mol. The second kappa shape index (κ2) is 6.37. The van der Waals surface area contributed by atoms with Crippen molar-refractivity contribution in [2.24, 2.45) is 0 Å². The molecule has 2 rings (SSSR count). The van der Waals surface area contributed by atoms with E-state index < -0.39 is 0 Å². The van der Waals surface area contributed by atoms with Crippen LogP contribution in [0.15, 0.2) is 30.5 Å². The number of ether oxygens (including phenoxy) is 1. The van der Waals surface area contributed by atoms with Gasteiger partial charge in [0.15, 0.2) is 11.6 Å². The molecule has 106 valence electrons. The summed E-state index contributed by atoms with van der Waals surface area (Å²) in [5, 5.41) is 3.23. The predicted octanol–water partition coefficient (Wildman–Crippen LogP) is 3.85. The smallest absolute Gasteiger partial charge is 0.169 e. The number of aromatic nitrogens is 1. The van der Waals surface area contributed by atoms with Crippen molar-refractivity contribution in [1.29, 1.82) is 0 Å². The average Bonchev–Trinajstić information content (AvgIpc) is 2.44. The number of nitrogens with zero attached hydrogens (tertiary/aromatic N) is 1. The summed E-state index contributed by atoms with van der Waals surface area (Å²) >= 11 is 0. The quantitative estimate of drug-likeness (QED) is 0.899. The van der Waals surface area contributed by atoms with E-state index >= 15 is 0 Å². The highest BCUT2D eigenvalue weighted by Gasteiger charge is 2.06. The maximum Gasteiger partial charge on any atom is 0.169 e. The molecule has 4 heteroatoms. The standard InChI is InChI=1S/C16H19FN2O/c1-4-20-14-6-5-7-18-16(14)19-10-13-8-11(2)15(17)12(3)9-13/h5-9H,4,10H2,1-3H3,(H,18,19). The molecule has 0 amide bonds. The molecule has 1 aromatic heterocycles. The Morgan fingerprint density at radius 2 is 1.95 bits per heavy atom. The molecule has 0 saturated heterocycles. The lowest BCUT2D eigenvalue weighted by molar-refractivity contribution is 0.340. The zero-order chi connectivity index (χ0) is 14.5. The first-order valence-electron chi connectivity index (χ1n) is 6.69. The van der Waals surface area contributed by atoms with Gasteiger partial charge in [-0.3, -0.25) is 0 Å². The SMILES string of the molecule is CCOc1cccnc1NCc1cc(C)c(F)c(C)c1. The van der Waals surface area contributed by atoms with Crippen LogP contribution in [0, 0.1) is 19.7 Å². The van der Waals surface area contributed by atoms with Gasteiger partial charge in [0.25, 0.3) is 0 Å². The van der Waals surface area contributed by atoms with Crippen molar-refractivity contribution >= 4 is 5.82 Å². The van der Waals surface area contributed by atoms with Crippen molar-refractivity contribution in [2.45, 2.75) is 27.3 Å². The van der Waals surface area contributed by atoms with Gasteiger partial charge in [-0.15, -0.1) is 0 Å². The summed E-state index contributed by atoms with van der Waals surface area (Å²) in [7, 11) is 0. The highest BCUT2D eigenvalue weighted by molar-refractivity contribution is 5.50. The largest absolute Gasteiger partial charge is 0.490 e. The normalized spacial score (nSPS) is 10.4. The predicted molar refractivity (Wildman–Crippen MR) is 78.6 cm³/mol. The Labute approximate surface area is 118 Å². The molecular formula is C16H19FN2O. The van der Waals surface area contributed by atoms with Crippen LogP contribution in [0.4, 0.5) is 10.2 Å². The minimum Gasteiger partial charge on any atom is -0.490 e. The number of hydrogen-bond acceptors (Lipinski definition) is 3. The van der Waals surface area contributed by atoms with Crippen LogP contribution in [0.1, 0.15) is 23.6 Å². The number of pyridine rings is 1. The molecule has 0 aliphatic rings. The Morgan fingerprint density at radius 3 is 2.60 bits per heavy atom. The first-order valence-corrected chi connectivity index (χ1v) is 6.69. The third kappa shape index (κ3) is 3.26. The van der Waals surface area contributed by atoms with Crippen molar-refractivity contribution in [3.8, 4) is 5.75 Å². The van der Waals surface area contributed by atoms with Crippen molar-refractivity contribution in [3.63, 3.8) is 0 Å². The van der Waals surface area contributed by atoms with Crippen LogP contribution in [-0.4, -0.2) is 11.6 Å². The van der Waals surface area contributed by atoms with Crippen molar-refractivity contribution in [1.82, 2.24) is 4.98 Å². The molecule has 0 spiro atoms. The van der Waals surface area contributed by atoms with Gasteiger partial charge in [0.2, 0.25) is 0 Å². The maximum atomic E-state index is 13.6. The third-order valence-corrected chi connectivity index (χ3v) is 3.03. The molecule has 3 nitrogen and oxygen atoms in total. The molecule has 0 atom stereocenters. The van der Waals surface area contributed by atoms with E-state index in [1.54, 1.807) is 20.0 Å². The van der Waals surface area contributed by atoms with Crippen LogP contribution in [0.3, 0.4) is 0 Å². The fourth-order valence-electron chi connectivity index (χ4n) is 2.12. The van der Waals surface area contributed by atoms with E-state index in [2.05, 4.69) is 10.3 Å². The Bertz CT molecular complexity index is 576. The van der Waals surface area contributed by atoms with E-state index in [1.807, 2.05) is 31.2 Å². The lowest BCUT2D eigenvalue weighted by atomic mass is 10.1. The molecule has 0 aliphatic carbocycles. The summed E-state index contributed by atoms with van der Waals surface area (Å²) in [6.45, 7) is 6.66. The van der Waals surface area contributed by atoms with Gasteiger partial charge in [-0.05, 0) is 49.6 Å². The van der Waals surface area contributed by atoms with Gasteiger partial charge in [0.1, 0.15) is 5.82 Å². The number of rotatable bonds is 5. The van der Waals surface area contributed by atoms with Crippen LogP contribution in [-0.2, 0) is 6.54 Å². The van der Waals surface area contributed by atoms with Crippen LogP contribution in [0.25, 0.3) is 0 Å². The molecule has 0 radical (unpaired) electrons. The van der Waals surface area contributed by atoms with Crippen LogP contribution >= 0.6 is 0 Å². The van der Waals surface area contributed by atoms with Crippen molar-refractivity contribution in [3.05, 3.63) is 53.0 Å². The highest BCUT2D eigenvalue weighted by Crippen LogP contribution is 2.22. The third-order valence-electron chi connectivity index (χ3n) is 3.03. The van der Waals surface area contributed by atoms with Crippen LogP contribution in [0.5, 0.6) is 5.75 Å². The molecule has 20 heavy (non-hydrogen) atoms. The van der Waals surface area contributed by atoms with Gasteiger partial charge >= 0.3 is 0 Å². The van der Waals surface area contributed by atoms with Gasteiger partial charge in [-0.1, -0.05) is 12.1 Å². The average molecular weight is 274 g/mol. The second-order valence-corrected chi connectivity index (χ2v) is 4.68. The second-order valence-electron chi connectivity index (χ2n) is 4.68. The maximum absolute atomic E-state index is 13.6. The zero-order valence-corrected chi connectivity index (χ0v) is 12.0.